The van der Waals surface area contributed by atoms with Gasteiger partial charge in [0, 0.05) is 4.47 Å². The fourth-order valence-corrected chi connectivity index (χ4v) is 2.57. The molecule has 2 unspecified atom stereocenters. The maximum atomic E-state index is 10.2. The van der Waals surface area contributed by atoms with Crippen LogP contribution < -0.4 is 0 Å². The van der Waals surface area contributed by atoms with Crippen molar-refractivity contribution >= 4 is 15.9 Å². The van der Waals surface area contributed by atoms with Crippen LogP contribution >= 0.6 is 15.9 Å². The number of fused-ring (bicyclic) bond motifs is 1. The fourth-order valence-electron chi connectivity index (χ4n) is 2.16. The zero-order valence-electron chi connectivity index (χ0n) is 8.00. The summed E-state index contributed by atoms with van der Waals surface area (Å²) in [6.07, 6.45) is 0.825. The zero-order valence-corrected chi connectivity index (χ0v) is 9.58. The quantitative estimate of drug-likeness (QED) is 0.805. The third-order valence-corrected chi connectivity index (χ3v) is 3.61. The number of hydrogen-bond acceptors (Lipinski definition) is 2. The van der Waals surface area contributed by atoms with Crippen LogP contribution in [0.3, 0.4) is 0 Å². The Morgan fingerprint density at radius 1 is 1.57 bits per heavy atom. The van der Waals surface area contributed by atoms with E-state index in [2.05, 4.69) is 15.9 Å². The number of rotatable bonds is 1. The highest BCUT2D eigenvalue weighted by Gasteiger charge is 2.42. The molecule has 2 nitrogen and oxygen atoms in total. The SMILES string of the molecule is CC1Cc2cc(Br)ccc2C1(O)CO. The van der Waals surface area contributed by atoms with Crippen LogP contribution in [0, 0.1) is 5.92 Å². The normalized spacial score (nSPS) is 30.4. The molecule has 0 saturated heterocycles. The van der Waals surface area contributed by atoms with Crippen molar-refractivity contribution in [3.05, 3.63) is 33.8 Å². The van der Waals surface area contributed by atoms with Crippen molar-refractivity contribution in [1.29, 1.82) is 0 Å². The first kappa shape index (κ1) is 10.1. The highest BCUT2D eigenvalue weighted by Crippen LogP contribution is 2.41. The average Bonchev–Trinajstić information content (AvgIpc) is 2.39. The van der Waals surface area contributed by atoms with Gasteiger partial charge in [0.1, 0.15) is 5.60 Å². The molecule has 0 saturated carbocycles. The van der Waals surface area contributed by atoms with E-state index in [-0.39, 0.29) is 12.5 Å². The molecule has 0 amide bonds. The molecule has 1 aliphatic rings. The van der Waals surface area contributed by atoms with Crippen LogP contribution in [-0.2, 0) is 12.0 Å². The lowest BCUT2D eigenvalue weighted by Gasteiger charge is -2.26. The Morgan fingerprint density at radius 3 is 2.93 bits per heavy atom. The summed E-state index contributed by atoms with van der Waals surface area (Å²) < 4.78 is 1.02. The van der Waals surface area contributed by atoms with Crippen molar-refractivity contribution in [3.63, 3.8) is 0 Å². The van der Waals surface area contributed by atoms with E-state index in [1.165, 1.54) is 0 Å². The summed E-state index contributed by atoms with van der Waals surface area (Å²) in [5.41, 5.74) is 0.954. The summed E-state index contributed by atoms with van der Waals surface area (Å²) in [6, 6.07) is 5.80. The van der Waals surface area contributed by atoms with Gasteiger partial charge in [-0.15, -0.1) is 0 Å². The van der Waals surface area contributed by atoms with Crippen LogP contribution in [0.4, 0.5) is 0 Å². The summed E-state index contributed by atoms with van der Waals surface area (Å²) in [6.45, 7) is 1.76. The van der Waals surface area contributed by atoms with E-state index < -0.39 is 5.60 Å². The van der Waals surface area contributed by atoms with Crippen LogP contribution in [0.5, 0.6) is 0 Å². The first-order valence-electron chi connectivity index (χ1n) is 4.70. The van der Waals surface area contributed by atoms with Crippen molar-refractivity contribution in [1.82, 2.24) is 0 Å². The lowest BCUT2D eigenvalue weighted by molar-refractivity contribution is -0.0516. The molecule has 3 heteroatoms. The van der Waals surface area contributed by atoms with E-state index in [0.29, 0.717) is 0 Å². The number of aliphatic hydroxyl groups is 2. The number of hydrogen-bond donors (Lipinski definition) is 2. The van der Waals surface area contributed by atoms with Crippen molar-refractivity contribution < 1.29 is 10.2 Å². The summed E-state index contributed by atoms with van der Waals surface area (Å²) in [5, 5.41) is 19.5. The Morgan fingerprint density at radius 2 is 2.29 bits per heavy atom. The third kappa shape index (κ3) is 1.31. The molecule has 14 heavy (non-hydrogen) atoms. The smallest absolute Gasteiger partial charge is 0.116 e. The van der Waals surface area contributed by atoms with Gasteiger partial charge in [0.05, 0.1) is 6.61 Å². The second-order valence-corrected chi connectivity index (χ2v) is 4.90. The van der Waals surface area contributed by atoms with Gasteiger partial charge in [-0.25, -0.2) is 0 Å². The van der Waals surface area contributed by atoms with Crippen LogP contribution in [0.1, 0.15) is 18.1 Å². The lowest BCUT2D eigenvalue weighted by Crippen LogP contribution is -2.33. The summed E-state index contributed by atoms with van der Waals surface area (Å²) in [7, 11) is 0. The second-order valence-electron chi connectivity index (χ2n) is 3.99. The molecule has 0 bridgehead atoms. The van der Waals surface area contributed by atoms with E-state index in [1.54, 1.807) is 0 Å². The van der Waals surface area contributed by atoms with E-state index >= 15 is 0 Å². The molecule has 0 aliphatic heterocycles. The van der Waals surface area contributed by atoms with Crippen molar-refractivity contribution in [2.75, 3.05) is 6.61 Å². The van der Waals surface area contributed by atoms with Gasteiger partial charge in [-0.1, -0.05) is 28.9 Å². The van der Waals surface area contributed by atoms with Gasteiger partial charge in [0.2, 0.25) is 0 Å². The minimum atomic E-state index is -1.05. The van der Waals surface area contributed by atoms with Crippen LogP contribution in [0.2, 0.25) is 0 Å². The Kier molecular flexibility index (Phi) is 2.41. The molecule has 2 rings (SSSR count). The van der Waals surface area contributed by atoms with Gasteiger partial charge < -0.3 is 10.2 Å². The molecular weight excluding hydrogens is 244 g/mol. The molecule has 2 N–H and O–H groups in total. The second kappa shape index (κ2) is 3.33. The van der Waals surface area contributed by atoms with Gasteiger partial charge >= 0.3 is 0 Å². The lowest BCUT2D eigenvalue weighted by atomic mass is 9.90. The van der Waals surface area contributed by atoms with E-state index in [0.717, 1.165) is 22.0 Å². The predicted octanol–water partition coefficient (Wildman–Crippen LogP) is 1.82. The van der Waals surface area contributed by atoms with Crippen molar-refractivity contribution in [2.24, 2.45) is 5.92 Å². The molecule has 0 fully saturated rings. The molecule has 0 heterocycles. The summed E-state index contributed by atoms with van der Waals surface area (Å²) in [5.74, 6) is 0.0804. The Bertz CT molecular complexity index is 364. The molecule has 0 radical (unpaired) electrons. The molecule has 0 aromatic heterocycles. The van der Waals surface area contributed by atoms with Gasteiger partial charge in [-0.2, -0.15) is 0 Å². The van der Waals surface area contributed by atoms with Gasteiger partial charge in [0.15, 0.2) is 0 Å². The molecule has 76 valence electrons. The van der Waals surface area contributed by atoms with Gasteiger partial charge in [0.25, 0.3) is 0 Å². The number of benzene rings is 1. The minimum absolute atomic E-state index is 0.0804. The third-order valence-electron chi connectivity index (χ3n) is 3.12. The highest BCUT2D eigenvalue weighted by molar-refractivity contribution is 9.10. The molecule has 1 aromatic carbocycles. The topological polar surface area (TPSA) is 40.5 Å². The maximum Gasteiger partial charge on any atom is 0.116 e. The number of aliphatic hydroxyl groups excluding tert-OH is 1. The highest BCUT2D eigenvalue weighted by atomic mass is 79.9. The summed E-state index contributed by atoms with van der Waals surface area (Å²) in [4.78, 5) is 0. The first-order valence-corrected chi connectivity index (χ1v) is 5.49. The predicted molar refractivity (Wildman–Crippen MR) is 58.0 cm³/mol. The molecular formula is C11H13BrO2. The summed E-state index contributed by atoms with van der Waals surface area (Å²) >= 11 is 3.40. The molecule has 1 aromatic rings. The first-order chi connectivity index (χ1) is 6.58. The number of halogens is 1. The van der Waals surface area contributed by atoms with Crippen LogP contribution in [0.15, 0.2) is 22.7 Å². The monoisotopic (exact) mass is 256 g/mol. The molecule has 0 spiro atoms. The zero-order chi connectivity index (χ0) is 10.3. The maximum absolute atomic E-state index is 10.2. The van der Waals surface area contributed by atoms with Crippen LogP contribution in [0.25, 0.3) is 0 Å². The average molecular weight is 257 g/mol. The minimum Gasteiger partial charge on any atom is -0.393 e. The van der Waals surface area contributed by atoms with Gasteiger partial charge in [-0.05, 0) is 35.6 Å². The fraction of sp³-hybridized carbons (Fsp3) is 0.455. The standard InChI is InChI=1S/C11H13BrO2/c1-7-4-8-5-9(12)2-3-10(8)11(7,14)6-13/h2-3,5,7,13-14H,4,6H2,1H3. The Labute approximate surface area is 91.7 Å². The Balaban J connectivity index is 2.53. The van der Waals surface area contributed by atoms with Crippen LogP contribution in [-0.4, -0.2) is 16.8 Å². The molecule has 2 atom stereocenters. The molecule has 1 aliphatic carbocycles. The van der Waals surface area contributed by atoms with E-state index in [9.17, 15) is 10.2 Å². The van der Waals surface area contributed by atoms with E-state index in [4.69, 9.17) is 0 Å². The van der Waals surface area contributed by atoms with Crippen molar-refractivity contribution in [2.45, 2.75) is 18.9 Å². The largest absolute Gasteiger partial charge is 0.393 e. The van der Waals surface area contributed by atoms with E-state index in [1.807, 2.05) is 25.1 Å². The van der Waals surface area contributed by atoms with Crippen molar-refractivity contribution in [3.8, 4) is 0 Å². The Hall–Kier alpha value is -0.380. The van der Waals surface area contributed by atoms with Gasteiger partial charge in [-0.3, -0.25) is 0 Å².